The van der Waals surface area contributed by atoms with Gasteiger partial charge in [0.2, 0.25) is 0 Å². The molecule has 0 fully saturated rings. The molecule has 0 radical (unpaired) electrons. The van der Waals surface area contributed by atoms with Crippen molar-refractivity contribution in [2.75, 3.05) is 0 Å². The summed E-state index contributed by atoms with van der Waals surface area (Å²) in [6, 6.07) is 0. The molecule has 0 amide bonds. The lowest BCUT2D eigenvalue weighted by Crippen LogP contribution is -2.19. The Morgan fingerprint density at radius 1 is 1.67 bits per heavy atom. The van der Waals surface area contributed by atoms with Gasteiger partial charge < -0.3 is 5.11 Å². The average Bonchev–Trinajstić information content (AvgIpc) is 2.44. The van der Waals surface area contributed by atoms with Gasteiger partial charge in [-0.3, -0.25) is 9.48 Å². The van der Waals surface area contributed by atoms with Crippen molar-refractivity contribution in [2.24, 2.45) is 7.05 Å². The number of carbonyl (C=O) groups is 1. The van der Waals surface area contributed by atoms with Gasteiger partial charge >= 0.3 is 0 Å². The van der Waals surface area contributed by atoms with Gasteiger partial charge in [0.25, 0.3) is 0 Å². The van der Waals surface area contributed by atoms with Crippen LogP contribution in [0, 0.1) is 0 Å². The minimum atomic E-state index is -0.920. The molecule has 84 valence electrons. The maximum atomic E-state index is 11.4. The minimum absolute atomic E-state index is 0.193. The van der Waals surface area contributed by atoms with Crippen LogP contribution in [0.5, 0.6) is 0 Å². The highest BCUT2D eigenvalue weighted by molar-refractivity contribution is 9.10. The van der Waals surface area contributed by atoms with E-state index >= 15 is 0 Å². The van der Waals surface area contributed by atoms with Crippen molar-refractivity contribution >= 4 is 21.7 Å². The molecule has 0 aromatic carbocycles. The molecular formula is C10H15BrN2O2. The number of aromatic nitrogens is 2. The zero-order valence-corrected chi connectivity index (χ0v) is 10.7. The van der Waals surface area contributed by atoms with Crippen LogP contribution >= 0.6 is 15.9 Å². The monoisotopic (exact) mass is 274 g/mol. The second kappa shape index (κ2) is 4.90. The van der Waals surface area contributed by atoms with Crippen molar-refractivity contribution in [3.63, 3.8) is 0 Å². The van der Waals surface area contributed by atoms with Gasteiger partial charge in [0.05, 0.1) is 22.3 Å². The number of halogens is 1. The van der Waals surface area contributed by atoms with E-state index in [0.29, 0.717) is 0 Å². The van der Waals surface area contributed by atoms with E-state index in [4.69, 9.17) is 5.11 Å². The molecule has 4 nitrogen and oxygen atoms in total. The molecule has 1 N–H and O–H groups in total. The Balaban J connectivity index is 2.95. The first kappa shape index (κ1) is 12.4. The van der Waals surface area contributed by atoms with Gasteiger partial charge in [-0.25, -0.2) is 0 Å². The van der Waals surface area contributed by atoms with Gasteiger partial charge in [0, 0.05) is 7.05 Å². The summed E-state index contributed by atoms with van der Waals surface area (Å²) in [6.07, 6.45) is 0.107. The zero-order valence-electron chi connectivity index (χ0n) is 9.12. The van der Waals surface area contributed by atoms with Crippen LogP contribution in [0.3, 0.4) is 0 Å². The third-order valence-electron chi connectivity index (χ3n) is 2.31. The lowest BCUT2D eigenvalue weighted by atomic mass is 10.1. The number of nitrogens with zero attached hydrogens (tertiary/aromatic N) is 2. The number of ketones is 1. The standard InChI is InChI=1S/C10H15BrN2O2/c1-4-7-10(11)8(13(3)12-7)5-9(15)6(2)14/h6,14H,4-5H2,1-3H3. The Morgan fingerprint density at radius 3 is 2.67 bits per heavy atom. The summed E-state index contributed by atoms with van der Waals surface area (Å²) in [5, 5.41) is 13.4. The predicted molar refractivity (Wildman–Crippen MR) is 60.7 cm³/mol. The van der Waals surface area contributed by atoms with Gasteiger partial charge in [-0.15, -0.1) is 0 Å². The first-order chi connectivity index (χ1) is 6.97. The summed E-state index contributed by atoms with van der Waals surface area (Å²) >= 11 is 3.42. The third kappa shape index (κ3) is 2.66. The number of hydrogen-bond donors (Lipinski definition) is 1. The predicted octanol–water partition coefficient (Wildman–Crippen LogP) is 1.24. The Hall–Kier alpha value is -0.680. The summed E-state index contributed by atoms with van der Waals surface area (Å²) < 4.78 is 2.56. The van der Waals surface area contributed by atoms with E-state index in [9.17, 15) is 4.79 Å². The molecule has 0 aliphatic carbocycles. The van der Waals surface area contributed by atoms with Crippen molar-refractivity contribution in [3.8, 4) is 0 Å². The fourth-order valence-electron chi connectivity index (χ4n) is 1.32. The maximum Gasteiger partial charge on any atom is 0.166 e. The summed E-state index contributed by atoms with van der Waals surface area (Å²) in [4.78, 5) is 11.4. The van der Waals surface area contributed by atoms with Crippen molar-refractivity contribution in [1.29, 1.82) is 0 Å². The fraction of sp³-hybridized carbons (Fsp3) is 0.600. The topological polar surface area (TPSA) is 55.1 Å². The summed E-state index contributed by atoms with van der Waals surface area (Å²) in [5.74, 6) is -0.193. The first-order valence-electron chi connectivity index (χ1n) is 4.88. The molecule has 1 aromatic rings. The van der Waals surface area contributed by atoms with Crippen molar-refractivity contribution in [2.45, 2.75) is 32.8 Å². The van der Waals surface area contributed by atoms with Crippen molar-refractivity contribution < 1.29 is 9.90 Å². The number of aliphatic hydroxyl groups is 1. The van der Waals surface area contributed by atoms with Gasteiger partial charge in [0.15, 0.2) is 5.78 Å². The molecule has 15 heavy (non-hydrogen) atoms. The fourth-order valence-corrected chi connectivity index (χ4v) is 2.08. The van der Waals surface area contributed by atoms with Crippen molar-refractivity contribution in [3.05, 3.63) is 15.9 Å². The van der Waals surface area contributed by atoms with Gasteiger partial charge in [-0.1, -0.05) is 6.92 Å². The molecule has 0 saturated heterocycles. The number of Topliss-reactive ketones (excluding diaryl/α,β-unsaturated/α-hetero) is 1. The van der Waals surface area contributed by atoms with E-state index in [1.807, 2.05) is 6.92 Å². The molecule has 1 rings (SSSR count). The smallest absolute Gasteiger partial charge is 0.166 e. The largest absolute Gasteiger partial charge is 0.386 e. The molecular weight excluding hydrogens is 260 g/mol. The molecule has 5 heteroatoms. The highest BCUT2D eigenvalue weighted by Crippen LogP contribution is 2.22. The van der Waals surface area contributed by atoms with Crippen LogP contribution in [0.25, 0.3) is 0 Å². The van der Waals surface area contributed by atoms with E-state index in [1.54, 1.807) is 11.7 Å². The van der Waals surface area contributed by atoms with Gasteiger partial charge in [0.1, 0.15) is 6.10 Å². The molecule has 0 aliphatic rings. The number of aliphatic hydroxyl groups excluding tert-OH is 1. The normalized spacial score (nSPS) is 12.9. The SMILES string of the molecule is CCc1nn(C)c(CC(=O)C(C)O)c1Br. The second-order valence-corrected chi connectivity index (χ2v) is 4.30. The number of aryl methyl sites for hydroxylation is 2. The Bertz CT molecular complexity index is 372. The summed E-state index contributed by atoms with van der Waals surface area (Å²) in [7, 11) is 1.80. The molecule has 0 bridgehead atoms. The van der Waals surface area contributed by atoms with E-state index < -0.39 is 6.10 Å². The minimum Gasteiger partial charge on any atom is -0.386 e. The second-order valence-electron chi connectivity index (χ2n) is 3.50. The Kier molecular flexibility index (Phi) is 4.04. The zero-order chi connectivity index (χ0) is 11.6. The van der Waals surface area contributed by atoms with Crippen LogP contribution in [0.1, 0.15) is 25.2 Å². The van der Waals surface area contributed by atoms with E-state index in [0.717, 1.165) is 22.3 Å². The van der Waals surface area contributed by atoms with Crippen LogP contribution in [-0.4, -0.2) is 26.8 Å². The van der Waals surface area contributed by atoms with Gasteiger partial charge in [-0.2, -0.15) is 5.10 Å². The number of carbonyl (C=O) groups excluding carboxylic acids is 1. The van der Waals surface area contributed by atoms with Crippen LogP contribution in [0.15, 0.2) is 4.47 Å². The highest BCUT2D eigenvalue weighted by Gasteiger charge is 2.17. The maximum absolute atomic E-state index is 11.4. The summed E-state index contributed by atoms with van der Waals surface area (Å²) in [6.45, 7) is 3.49. The quantitative estimate of drug-likeness (QED) is 0.899. The molecule has 0 aliphatic heterocycles. The molecule has 1 unspecified atom stereocenters. The van der Waals surface area contributed by atoms with E-state index in [-0.39, 0.29) is 12.2 Å². The molecule has 1 heterocycles. The molecule has 0 spiro atoms. The van der Waals surface area contributed by atoms with Crippen LogP contribution in [0.4, 0.5) is 0 Å². The van der Waals surface area contributed by atoms with Crippen LogP contribution in [0.2, 0.25) is 0 Å². The Labute approximate surface area is 97.4 Å². The lowest BCUT2D eigenvalue weighted by molar-refractivity contribution is -0.125. The van der Waals surface area contributed by atoms with E-state index in [1.165, 1.54) is 6.92 Å². The first-order valence-corrected chi connectivity index (χ1v) is 5.67. The molecule has 1 aromatic heterocycles. The average molecular weight is 275 g/mol. The van der Waals surface area contributed by atoms with E-state index in [2.05, 4.69) is 21.0 Å². The summed E-state index contributed by atoms with van der Waals surface area (Å²) in [5.41, 5.74) is 1.75. The van der Waals surface area contributed by atoms with Crippen molar-refractivity contribution in [1.82, 2.24) is 9.78 Å². The lowest BCUT2D eigenvalue weighted by Gasteiger charge is -2.04. The Morgan fingerprint density at radius 2 is 2.27 bits per heavy atom. The molecule has 1 atom stereocenters. The third-order valence-corrected chi connectivity index (χ3v) is 3.23. The molecule has 0 saturated carbocycles. The van der Waals surface area contributed by atoms with Gasteiger partial charge in [-0.05, 0) is 29.3 Å². The number of hydrogen-bond acceptors (Lipinski definition) is 3. The highest BCUT2D eigenvalue weighted by atomic mass is 79.9. The number of rotatable bonds is 4. The van der Waals surface area contributed by atoms with Crippen LogP contribution in [-0.2, 0) is 24.7 Å². The van der Waals surface area contributed by atoms with Crippen LogP contribution < -0.4 is 0 Å².